The number of aromatic nitrogens is 2. The van der Waals surface area contributed by atoms with Crippen molar-refractivity contribution in [2.75, 3.05) is 5.73 Å². The molecule has 33 heavy (non-hydrogen) atoms. The summed E-state index contributed by atoms with van der Waals surface area (Å²) in [6.45, 7) is 1.31. The molecule has 0 fully saturated rings. The summed E-state index contributed by atoms with van der Waals surface area (Å²) in [5, 5.41) is 22.3. The molecule has 166 valence electrons. The minimum absolute atomic E-state index is 0.183. The topological polar surface area (TPSA) is 153 Å². The maximum atomic E-state index is 12.7. The van der Waals surface area contributed by atoms with Crippen molar-refractivity contribution in [3.8, 4) is 23.7 Å². The minimum Gasteiger partial charge on any atom is -0.399 e. The Labute approximate surface area is 190 Å². The Balaban J connectivity index is 1.70. The number of nitrogen functional groups attached to an aromatic ring is 1. The Morgan fingerprint density at radius 1 is 1.06 bits per heavy atom. The number of benzene rings is 2. The quantitative estimate of drug-likeness (QED) is 0.149. The van der Waals surface area contributed by atoms with E-state index < -0.39 is 23.5 Å². The Morgan fingerprint density at radius 3 is 2.15 bits per heavy atom. The van der Waals surface area contributed by atoms with Gasteiger partial charge in [0.05, 0.1) is 18.2 Å². The van der Waals surface area contributed by atoms with Crippen molar-refractivity contribution < 1.29 is 19.9 Å². The van der Waals surface area contributed by atoms with E-state index in [2.05, 4.69) is 39.0 Å². The maximum absolute atomic E-state index is 12.7. The van der Waals surface area contributed by atoms with E-state index in [-0.39, 0.29) is 11.3 Å². The highest BCUT2D eigenvalue weighted by atomic mass is 16.5. The van der Waals surface area contributed by atoms with Crippen LogP contribution in [0.5, 0.6) is 0 Å². The maximum Gasteiger partial charge on any atom is 0.269 e. The van der Waals surface area contributed by atoms with E-state index >= 15 is 0 Å². The zero-order valence-corrected chi connectivity index (χ0v) is 17.6. The lowest BCUT2D eigenvalue weighted by molar-refractivity contribution is -0.138. The SMILES string of the molecule is C[C@](O)(c1cnc[nH]1)[C@H](NC(=O)c1ccc(C#CC#Cc2ccc(N)cc2)cc1)C(=O)NO. The van der Waals surface area contributed by atoms with Crippen molar-refractivity contribution >= 4 is 17.5 Å². The van der Waals surface area contributed by atoms with Crippen LogP contribution < -0.4 is 16.5 Å². The molecule has 7 N–H and O–H groups in total. The number of H-pyrrole nitrogens is 1. The number of rotatable bonds is 5. The molecular weight excluding hydrogens is 422 g/mol. The number of carbonyl (C=O) groups excluding carboxylic acids is 2. The first-order valence-electron chi connectivity index (χ1n) is 9.75. The van der Waals surface area contributed by atoms with Gasteiger partial charge in [0.25, 0.3) is 11.8 Å². The first-order chi connectivity index (χ1) is 15.8. The van der Waals surface area contributed by atoms with Gasteiger partial charge in [0.15, 0.2) is 0 Å². The predicted molar refractivity (Wildman–Crippen MR) is 120 cm³/mol. The molecule has 2 atom stereocenters. The van der Waals surface area contributed by atoms with Crippen molar-refractivity contribution in [2.24, 2.45) is 0 Å². The Morgan fingerprint density at radius 2 is 1.64 bits per heavy atom. The molecule has 9 nitrogen and oxygen atoms in total. The first kappa shape index (κ1) is 23.1. The fourth-order valence-electron chi connectivity index (χ4n) is 2.91. The fraction of sp³-hybridized carbons (Fsp3) is 0.125. The molecule has 2 amide bonds. The number of hydroxylamine groups is 1. The van der Waals surface area contributed by atoms with Crippen LogP contribution in [0.3, 0.4) is 0 Å². The van der Waals surface area contributed by atoms with Gasteiger partial charge in [-0.05, 0) is 67.3 Å². The molecule has 1 heterocycles. The Hall–Kier alpha value is -4.57. The van der Waals surface area contributed by atoms with Crippen LogP contribution in [0, 0.1) is 23.7 Å². The number of aliphatic hydroxyl groups is 1. The highest BCUT2D eigenvalue weighted by Crippen LogP contribution is 2.23. The van der Waals surface area contributed by atoms with Gasteiger partial charge in [0, 0.05) is 22.4 Å². The summed E-state index contributed by atoms with van der Waals surface area (Å²) in [4.78, 5) is 31.3. The summed E-state index contributed by atoms with van der Waals surface area (Å²) >= 11 is 0. The largest absolute Gasteiger partial charge is 0.399 e. The van der Waals surface area contributed by atoms with Crippen LogP contribution in [0.1, 0.15) is 34.1 Å². The molecule has 9 heteroatoms. The third-order valence-corrected chi connectivity index (χ3v) is 4.79. The van der Waals surface area contributed by atoms with E-state index in [1.165, 1.54) is 37.1 Å². The summed E-state index contributed by atoms with van der Waals surface area (Å²) in [6, 6.07) is 11.9. The summed E-state index contributed by atoms with van der Waals surface area (Å²) in [5.41, 5.74) is 7.71. The van der Waals surface area contributed by atoms with E-state index in [0.717, 1.165) is 5.56 Å². The number of hydrogen-bond donors (Lipinski definition) is 6. The lowest BCUT2D eigenvalue weighted by Gasteiger charge is -2.30. The summed E-state index contributed by atoms with van der Waals surface area (Å²) in [7, 11) is 0. The highest BCUT2D eigenvalue weighted by Gasteiger charge is 2.41. The summed E-state index contributed by atoms with van der Waals surface area (Å²) < 4.78 is 0. The van der Waals surface area contributed by atoms with Gasteiger partial charge in [-0.3, -0.25) is 14.8 Å². The predicted octanol–water partition coefficient (Wildman–Crippen LogP) is 0.907. The Bertz CT molecular complexity index is 1240. The molecule has 3 aromatic rings. The average Bonchev–Trinajstić information content (AvgIpc) is 3.37. The van der Waals surface area contributed by atoms with Gasteiger partial charge in [0.1, 0.15) is 11.6 Å². The van der Waals surface area contributed by atoms with Crippen molar-refractivity contribution in [3.63, 3.8) is 0 Å². The van der Waals surface area contributed by atoms with Gasteiger partial charge in [0.2, 0.25) is 0 Å². The van der Waals surface area contributed by atoms with Crippen LogP contribution in [0.25, 0.3) is 0 Å². The molecule has 0 saturated heterocycles. The molecule has 1 aromatic heterocycles. The molecule has 0 saturated carbocycles. The third-order valence-electron chi connectivity index (χ3n) is 4.79. The number of amides is 2. The number of nitrogens with one attached hydrogen (secondary N) is 3. The second-order valence-corrected chi connectivity index (χ2v) is 7.19. The van der Waals surface area contributed by atoms with E-state index in [1.54, 1.807) is 36.4 Å². The van der Waals surface area contributed by atoms with Gasteiger partial charge in [-0.15, -0.1) is 0 Å². The normalized spacial score (nSPS) is 12.7. The molecule has 0 aliphatic rings. The van der Waals surface area contributed by atoms with Crippen LogP contribution in [0.4, 0.5) is 5.69 Å². The van der Waals surface area contributed by atoms with Crippen LogP contribution in [0.2, 0.25) is 0 Å². The molecule has 0 aliphatic heterocycles. The van der Waals surface area contributed by atoms with Crippen molar-refractivity contribution in [1.82, 2.24) is 20.8 Å². The number of nitrogens with zero attached hydrogens (tertiary/aromatic N) is 1. The lowest BCUT2D eigenvalue weighted by atomic mass is 9.92. The van der Waals surface area contributed by atoms with Gasteiger partial charge in [-0.2, -0.15) is 0 Å². The number of carbonyl (C=O) groups is 2. The number of imidazole rings is 1. The molecule has 0 unspecified atom stereocenters. The molecule has 3 rings (SSSR count). The second kappa shape index (κ2) is 10.2. The smallest absolute Gasteiger partial charge is 0.269 e. The standard InChI is InChI=1S/C24H21N5O4/c1-24(32,20-14-26-15-27-20)21(23(31)29-33)28-22(30)18-10-6-16(7-11-18)4-2-3-5-17-8-12-19(25)13-9-17/h6-15,21,32-33H,25H2,1H3,(H,26,27)(H,28,30)(H,29,31)/t21-,24+/m1/s1. The van der Waals surface area contributed by atoms with Crippen LogP contribution in [-0.2, 0) is 10.4 Å². The van der Waals surface area contributed by atoms with Gasteiger partial charge < -0.3 is 21.1 Å². The minimum atomic E-state index is -1.87. The number of nitrogens with two attached hydrogens (primary N) is 1. The van der Waals surface area contributed by atoms with E-state index in [0.29, 0.717) is 11.3 Å². The zero-order chi connectivity index (χ0) is 23.8. The van der Waals surface area contributed by atoms with E-state index in [9.17, 15) is 14.7 Å². The van der Waals surface area contributed by atoms with Crippen molar-refractivity contribution in [2.45, 2.75) is 18.6 Å². The van der Waals surface area contributed by atoms with Crippen molar-refractivity contribution in [3.05, 3.63) is 83.4 Å². The number of hydrogen-bond acceptors (Lipinski definition) is 6. The third kappa shape index (κ3) is 5.77. The van der Waals surface area contributed by atoms with Gasteiger partial charge in [-0.25, -0.2) is 10.5 Å². The van der Waals surface area contributed by atoms with E-state index in [1.807, 2.05) is 0 Å². The monoisotopic (exact) mass is 443 g/mol. The molecule has 0 radical (unpaired) electrons. The number of anilines is 1. The molecular formula is C24H21N5O4. The Kier molecular flexibility index (Phi) is 7.11. The zero-order valence-electron chi connectivity index (χ0n) is 17.6. The highest BCUT2D eigenvalue weighted by molar-refractivity contribution is 5.97. The first-order valence-corrected chi connectivity index (χ1v) is 9.75. The van der Waals surface area contributed by atoms with Crippen molar-refractivity contribution in [1.29, 1.82) is 0 Å². The second-order valence-electron chi connectivity index (χ2n) is 7.19. The van der Waals surface area contributed by atoms with Crippen LogP contribution in [0.15, 0.2) is 61.1 Å². The summed E-state index contributed by atoms with van der Waals surface area (Å²) in [6.07, 6.45) is 2.63. The van der Waals surface area contributed by atoms with Gasteiger partial charge in [-0.1, -0.05) is 11.8 Å². The van der Waals surface area contributed by atoms with Crippen LogP contribution >= 0.6 is 0 Å². The molecule has 0 aliphatic carbocycles. The number of aromatic amines is 1. The van der Waals surface area contributed by atoms with Crippen LogP contribution in [-0.4, -0.2) is 38.1 Å². The summed E-state index contributed by atoms with van der Waals surface area (Å²) in [5.74, 6) is 9.63. The average molecular weight is 443 g/mol. The van der Waals surface area contributed by atoms with E-state index in [4.69, 9.17) is 10.9 Å². The van der Waals surface area contributed by atoms with Gasteiger partial charge >= 0.3 is 0 Å². The molecule has 0 bridgehead atoms. The molecule has 2 aromatic carbocycles. The fourth-order valence-corrected chi connectivity index (χ4v) is 2.91. The lowest BCUT2D eigenvalue weighted by Crippen LogP contribution is -2.57. The molecule has 0 spiro atoms.